The van der Waals surface area contributed by atoms with Gasteiger partial charge in [-0.3, -0.25) is 14.5 Å². The third kappa shape index (κ3) is 7.48. The quantitative estimate of drug-likeness (QED) is 0.388. The van der Waals surface area contributed by atoms with Crippen LogP contribution in [0.15, 0.2) is 35.2 Å². The van der Waals surface area contributed by atoms with E-state index in [0.29, 0.717) is 29.3 Å². The lowest BCUT2D eigenvalue weighted by Gasteiger charge is -2.39. The predicted molar refractivity (Wildman–Crippen MR) is 135 cm³/mol. The van der Waals surface area contributed by atoms with E-state index in [1.807, 2.05) is 25.6 Å². The zero-order valence-electron chi connectivity index (χ0n) is 20.4. The monoisotopic (exact) mass is 489 g/mol. The molecule has 2 amide bonds. The minimum atomic E-state index is -0.721. The second kappa shape index (κ2) is 12.2. The number of amides is 2. The molecule has 0 radical (unpaired) electrons. The molecule has 10 heteroatoms. The van der Waals surface area contributed by atoms with Crippen LogP contribution in [-0.2, 0) is 9.59 Å². The van der Waals surface area contributed by atoms with Gasteiger partial charge in [0.2, 0.25) is 0 Å². The van der Waals surface area contributed by atoms with Gasteiger partial charge < -0.3 is 24.7 Å². The molecule has 1 saturated heterocycles. The largest absolute Gasteiger partial charge is 0.496 e. The van der Waals surface area contributed by atoms with Gasteiger partial charge in [-0.25, -0.2) is 4.98 Å². The Morgan fingerprint density at radius 3 is 2.56 bits per heavy atom. The summed E-state index contributed by atoms with van der Waals surface area (Å²) >= 11 is 1.89. The Morgan fingerprint density at radius 1 is 1.18 bits per heavy atom. The van der Waals surface area contributed by atoms with Crippen molar-refractivity contribution in [3.8, 4) is 17.1 Å². The van der Waals surface area contributed by atoms with E-state index in [2.05, 4.69) is 31.7 Å². The Labute approximate surface area is 205 Å². The van der Waals surface area contributed by atoms with Gasteiger partial charge in [-0.15, -0.1) is 0 Å². The van der Waals surface area contributed by atoms with Gasteiger partial charge in [0.25, 0.3) is 0 Å². The maximum atomic E-state index is 12.6. The van der Waals surface area contributed by atoms with Crippen LogP contribution in [-0.4, -0.2) is 90.5 Å². The molecule has 1 aromatic heterocycles. The molecule has 9 nitrogen and oxygen atoms in total. The van der Waals surface area contributed by atoms with E-state index in [1.54, 1.807) is 24.4 Å². The number of oxazole rings is 1. The highest BCUT2D eigenvalue weighted by atomic mass is 32.2. The van der Waals surface area contributed by atoms with Gasteiger partial charge in [-0.05, 0) is 51.0 Å². The van der Waals surface area contributed by atoms with Gasteiger partial charge in [0.15, 0.2) is 12.2 Å². The highest BCUT2D eigenvalue weighted by Crippen LogP contribution is 2.32. The topological polar surface area (TPSA) is 99.9 Å². The van der Waals surface area contributed by atoms with E-state index in [1.165, 1.54) is 25.7 Å². The summed E-state index contributed by atoms with van der Waals surface area (Å²) in [7, 11) is 1.53. The highest BCUT2D eigenvalue weighted by Gasteiger charge is 2.28. The second-order valence-electron chi connectivity index (χ2n) is 9.04. The molecule has 1 aromatic carbocycles. The molecule has 1 fully saturated rings. The van der Waals surface area contributed by atoms with Crippen molar-refractivity contribution in [2.45, 2.75) is 25.8 Å². The first-order valence-corrected chi connectivity index (χ1v) is 12.8. The zero-order chi connectivity index (χ0) is 24.6. The minimum absolute atomic E-state index is 0.454. The Kier molecular flexibility index (Phi) is 9.37. The molecule has 2 N–H and O–H groups in total. The summed E-state index contributed by atoms with van der Waals surface area (Å²) in [6.07, 6.45) is 6.27. The molecular weight excluding hydrogens is 454 g/mol. The smallest absolute Gasteiger partial charge is 0.313 e. The molecule has 0 atom stereocenters. The number of ether oxygens (including phenoxy) is 1. The van der Waals surface area contributed by atoms with Gasteiger partial charge in [0, 0.05) is 50.0 Å². The van der Waals surface area contributed by atoms with E-state index in [9.17, 15) is 9.59 Å². The number of anilines is 1. The van der Waals surface area contributed by atoms with Crippen molar-refractivity contribution >= 4 is 29.3 Å². The summed E-state index contributed by atoms with van der Waals surface area (Å²) < 4.78 is 10.7. The molecule has 0 spiro atoms. The first-order valence-electron chi connectivity index (χ1n) is 11.5. The van der Waals surface area contributed by atoms with Crippen LogP contribution in [0.25, 0.3) is 11.3 Å². The molecule has 3 rings (SSSR count). The Hall–Kier alpha value is -2.56. The molecule has 2 heterocycles. The summed E-state index contributed by atoms with van der Waals surface area (Å²) in [5, 5.41) is 5.52. The molecule has 1 aliphatic rings. The number of carbonyl (C=O) groups is 2. The molecule has 0 aliphatic carbocycles. The fourth-order valence-corrected chi connectivity index (χ4v) is 4.49. The van der Waals surface area contributed by atoms with E-state index in [4.69, 9.17) is 9.15 Å². The SMILES string of the molecule is COc1cc(NC(=O)C(=O)NC(C)(C)CN2CCN(CCCSC)CC2)ccc1-c1cnco1. The number of rotatable bonds is 10. The summed E-state index contributed by atoms with van der Waals surface area (Å²) in [5.41, 5.74) is 0.618. The number of methoxy groups -OCH3 is 1. The van der Waals surface area contributed by atoms with E-state index < -0.39 is 17.4 Å². The Bertz CT molecular complexity index is 943. The number of aromatic nitrogens is 1. The molecule has 186 valence electrons. The first-order chi connectivity index (χ1) is 16.3. The van der Waals surface area contributed by atoms with Crippen LogP contribution < -0.4 is 15.4 Å². The van der Waals surface area contributed by atoms with Gasteiger partial charge >= 0.3 is 11.8 Å². The molecule has 0 unspecified atom stereocenters. The minimum Gasteiger partial charge on any atom is -0.496 e. The number of thioether (sulfide) groups is 1. The maximum absolute atomic E-state index is 12.6. The summed E-state index contributed by atoms with van der Waals surface area (Å²) in [4.78, 5) is 33.9. The number of benzene rings is 1. The molecule has 0 bridgehead atoms. The van der Waals surface area contributed by atoms with Crippen molar-refractivity contribution in [1.82, 2.24) is 20.1 Å². The fourth-order valence-electron chi connectivity index (χ4n) is 4.08. The maximum Gasteiger partial charge on any atom is 0.313 e. The lowest BCUT2D eigenvalue weighted by Crippen LogP contribution is -2.57. The molecule has 34 heavy (non-hydrogen) atoms. The number of hydrogen-bond donors (Lipinski definition) is 2. The van der Waals surface area contributed by atoms with Crippen molar-refractivity contribution in [1.29, 1.82) is 0 Å². The second-order valence-corrected chi connectivity index (χ2v) is 10.0. The number of piperazine rings is 1. The summed E-state index contributed by atoms with van der Waals surface area (Å²) in [6.45, 7) is 9.69. The van der Waals surface area contributed by atoms with Crippen molar-refractivity contribution in [2.75, 3.05) is 63.7 Å². The van der Waals surface area contributed by atoms with Gasteiger partial charge in [0.05, 0.1) is 18.9 Å². The van der Waals surface area contributed by atoms with Crippen LogP contribution in [0.3, 0.4) is 0 Å². The van der Waals surface area contributed by atoms with Crippen molar-refractivity contribution in [3.63, 3.8) is 0 Å². The predicted octanol–water partition coefficient (Wildman–Crippen LogP) is 2.55. The number of carbonyl (C=O) groups excluding carboxylic acids is 2. The highest BCUT2D eigenvalue weighted by molar-refractivity contribution is 7.98. The third-order valence-electron chi connectivity index (χ3n) is 5.72. The van der Waals surface area contributed by atoms with Crippen molar-refractivity contribution in [2.24, 2.45) is 0 Å². The molecule has 0 saturated carbocycles. The fraction of sp³-hybridized carbons (Fsp3) is 0.542. The van der Waals surface area contributed by atoms with Crippen LogP contribution >= 0.6 is 11.8 Å². The molecular formula is C24H35N5O4S. The van der Waals surface area contributed by atoms with Crippen LogP contribution in [0.4, 0.5) is 5.69 Å². The molecule has 2 aromatic rings. The van der Waals surface area contributed by atoms with Gasteiger partial charge in [-0.1, -0.05) is 0 Å². The number of nitrogens with zero attached hydrogens (tertiary/aromatic N) is 3. The first kappa shape index (κ1) is 26.1. The average molecular weight is 490 g/mol. The molecule has 1 aliphatic heterocycles. The van der Waals surface area contributed by atoms with Crippen molar-refractivity contribution < 1.29 is 18.7 Å². The van der Waals surface area contributed by atoms with E-state index in [0.717, 1.165) is 32.7 Å². The van der Waals surface area contributed by atoms with Crippen LogP contribution in [0.1, 0.15) is 20.3 Å². The van der Waals surface area contributed by atoms with E-state index in [-0.39, 0.29) is 0 Å². The lowest BCUT2D eigenvalue weighted by molar-refractivity contribution is -0.137. The lowest BCUT2D eigenvalue weighted by atomic mass is 10.0. The standard InChI is InChI=1S/C24H35N5O4S/c1-24(2,16-29-11-9-28(10-12-29)8-5-13-34-4)27-23(31)22(30)26-18-6-7-19(20(14-18)32-3)21-15-25-17-33-21/h6-7,14-15,17H,5,8-13,16H2,1-4H3,(H,26,30)(H,27,31). The number of nitrogens with one attached hydrogen (secondary N) is 2. The zero-order valence-corrected chi connectivity index (χ0v) is 21.2. The van der Waals surface area contributed by atoms with Crippen molar-refractivity contribution in [3.05, 3.63) is 30.8 Å². The number of hydrogen-bond acceptors (Lipinski definition) is 8. The summed E-state index contributed by atoms with van der Waals surface area (Å²) in [5.74, 6) is 0.859. The normalized spacial score (nSPS) is 15.2. The van der Waals surface area contributed by atoms with Crippen LogP contribution in [0.2, 0.25) is 0 Å². The Balaban J connectivity index is 1.49. The van der Waals surface area contributed by atoms with Gasteiger partial charge in [-0.2, -0.15) is 11.8 Å². The van der Waals surface area contributed by atoms with Gasteiger partial charge in [0.1, 0.15) is 5.75 Å². The van der Waals surface area contributed by atoms with Crippen LogP contribution in [0, 0.1) is 0 Å². The Morgan fingerprint density at radius 2 is 1.91 bits per heavy atom. The average Bonchev–Trinajstić information content (AvgIpc) is 3.34. The van der Waals surface area contributed by atoms with Crippen LogP contribution in [0.5, 0.6) is 5.75 Å². The third-order valence-corrected chi connectivity index (χ3v) is 6.42. The summed E-state index contributed by atoms with van der Waals surface area (Å²) in [6, 6.07) is 5.08. The van der Waals surface area contributed by atoms with E-state index >= 15 is 0 Å².